The molecule has 120 valence electrons. The maximum Gasteiger partial charge on any atom is 0.0616 e. The summed E-state index contributed by atoms with van der Waals surface area (Å²) < 4.78 is 0. The van der Waals surface area contributed by atoms with E-state index in [-0.39, 0.29) is 5.54 Å². The number of aliphatic hydroxyl groups is 1. The summed E-state index contributed by atoms with van der Waals surface area (Å²) in [6.45, 7) is 13.8. The van der Waals surface area contributed by atoms with Gasteiger partial charge in [0.15, 0.2) is 0 Å². The summed E-state index contributed by atoms with van der Waals surface area (Å²) in [5, 5.41) is 13.4. The van der Waals surface area contributed by atoms with Crippen molar-refractivity contribution in [2.75, 3.05) is 32.8 Å². The van der Waals surface area contributed by atoms with Crippen LogP contribution in [0.1, 0.15) is 59.8 Å². The van der Waals surface area contributed by atoms with Crippen LogP contribution in [-0.4, -0.2) is 48.3 Å². The lowest BCUT2D eigenvalue weighted by Gasteiger charge is -2.36. The molecule has 1 rings (SSSR count). The zero-order valence-corrected chi connectivity index (χ0v) is 14.1. The minimum Gasteiger partial charge on any atom is -0.394 e. The van der Waals surface area contributed by atoms with Gasteiger partial charge >= 0.3 is 0 Å². The first-order chi connectivity index (χ1) is 9.61. The zero-order valence-electron chi connectivity index (χ0n) is 14.1. The summed E-state index contributed by atoms with van der Waals surface area (Å²) in [6.07, 6.45) is 6.15. The van der Waals surface area contributed by atoms with Crippen molar-refractivity contribution in [3.05, 3.63) is 0 Å². The van der Waals surface area contributed by atoms with Crippen molar-refractivity contribution in [2.24, 2.45) is 11.8 Å². The molecule has 0 aromatic rings. The Morgan fingerprint density at radius 3 is 2.65 bits per heavy atom. The van der Waals surface area contributed by atoms with E-state index in [0.717, 1.165) is 25.4 Å². The van der Waals surface area contributed by atoms with Gasteiger partial charge in [-0.3, -0.25) is 0 Å². The molecule has 3 heteroatoms. The number of rotatable bonds is 10. The molecule has 2 N–H and O–H groups in total. The number of nitrogens with one attached hydrogen (secondary N) is 1. The fraction of sp³-hybridized carbons (Fsp3) is 1.00. The topological polar surface area (TPSA) is 35.5 Å². The number of hydrogen-bond acceptors (Lipinski definition) is 3. The average molecular weight is 284 g/mol. The number of nitrogens with zero attached hydrogens (tertiary/aromatic N) is 1. The van der Waals surface area contributed by atoms with Gasteiger partial charge in [-0.25, -0.2) is 0 Å². The van der Waals surface area contributed by atoms with Crippen LogP contribution in [-0.2, 0) is 0 Å². The lowest BCUT2D eigenvalue weighted by Crippen LogP contribution is -2.52. The Kier molecular flexibility index (Phi) is 8.08. The van der Waals surface area contributed by atoms with Crippen LogP contribution < -0.4 is 5.32 Å². The van der Waals surface area contributed by atoms with E-state index in [1.807, 2.05) is 0 Å². The summed E-state index contributed by atoms with van der Waals surface area (Å²) in [7, 11) is 0. The van der Waals surface area contributed by atoms with Crippen molar-refractivity contribution < 1.29 is 5.11 Å². The molecule has 0 aromatic carbocycles. The van der Waals surface area contributed by atoms with Gasteiger partial charge < -0.3 is 15.3 Å². The molecule has 0 saturated heterocycles. The molecular formula is C17H36N2O. The van der Waals surface area contributed by atoms with E-state index in [2.05, 4.69) is 37.9 Å². The van der Waals surface area contributed by atoms with Crippen LogP contribution in [0, 0.1) is 11.8 Å². The molecule has 20 heavy (non-hydrogen) atoms. The molecule has 0 aromatic heterocycles. The van der Waals surface area contributed by atoms with Crippen LogP contribution in [0.3, 0.4) is 0 Å². The number of hydrogen-bond donors (Lipinski definition) is 2. The predicted octanol–water partition coefficient (Wildman–Crippen LogP) is 2.89. The van der Waals surface area contributed by atoms with Gasteiger partial charge in [0.25, 0.3) is 0 Å². The molecule has 1 aliphatic rings. The fourth-order valence-electron chi connectivity index (χ4n) is 3.70. The Morgan fingerprint density at radius 1 is 1.35 bits per heavy atom. The van der Waals surface area contributed by atoms with Crippen LogP contribution in [0.25, 0.3) is 0 Å². The van der Waals surface area contributed by atoms with Gasteiger partial charge in [0.05, 0.1) is 6.61 Å². The van der Waals surface area contributed by atoms with Crippen LogP contribution >= 0.6 is 0 Å². The molecule has 1 fully saturated rings. The monoisotopic (exact) mass is 284 g/mol. The van der Waals surface area contributed by atoms with Gasteiger partial charge in [0.2, 0.25) is 0 Å². The van der Waals surface area contributed by atoms with E-state index in [9.17, 15) is 5.11 Å². The van der Waals surface area contributed by atoms with E-state index >= 15 is 0 Å². The normalized spacial score (nSPS) is 28.2. The molecule has 0 radical (unpaired) electrons. The first kappa shape index (κ1) is 17.9. The van der Waals surface area contributed by atoms with E-state index in [1.165, 1.54) is 38.8 Å². The molecule has 1 saturated carbocycles. The highest BCUT2D eigenvalue weighted by Crippen LogP contribution is 2.37. The molecule has 3 nitrogen and oxygen atoms in total. The van der Waals surface area contributed by atoms with E-state index in [0.29, 0.717) is 12.5 Å². The molecule has 3 unspecified atom stereocenters. The summed E-state index contributed by atoms with van der Waals surface area (Å²) >= 11 is 0. The summed E-state index contributed by atoms with van der Waals surface area (Å²) in [6, 6.07) is 0. The second kappa shape index (κ2) is 9.01. The summed E-state index contributed by atoms with van der Waals surface area (Å²) in [5.41, 5.74) is 0.00450. The highest BCUT2D eigenvalue weighted by atomic mass is 16.3. The third kappa shape index (κ3) is 4.71. The highest BCUT2D eigenvalue weighted by molar-refractivity contribution is 4.98. The van der Waals surface area contributed by atoms with Gasteiger partial charge in [0.1, 0.15) is 0 Å². The van der Waals surface area contributed by atoms with Gasteiger partial charge in [-0.05, 0) is 50.7 Å². The molecule has 0 bridgehead atoms. The fourth-order valence-corrected chi connectivity index (χ4v) is 3.70. The maximum absolute atomic E-state index is 9.85. The summed E-state index contributed by atoms with van der Waals surface area (Å²) in [4.78, 5) is 2.58. The quantitative estimate of drug-likeness (QED) is 0.647. The average Bonchev–Trinajstić information content (AvgIpc) is 2.86. The lowest BCUT2D eigenvalue weighted by molar-refractivity contribution is 0.111. The Hall–Kier alpha value is -0.120. The van der Waals surface area contributed by atoms with Gasteiger partial charge in [-0.1, -0.05) is 40.5 Å². The molecular weight excluding hydrogens is 248 g/mol. The van der Waals surface area contributed by atoms with Gasteiger partial charge in [0, 0.05) is 12.1 Å². The number of aliphatic hydroxyl groups excluding tert-OH is 1. The minimum atomic E-state index is 0.00450. The first-order valence-corrected chi connectivity index (χ1v) is 8.70. The molecule has 0 spiro atoms. The molecule has 0 amide bonds. The lowest BCUT2D eigenvalue weighted by atomic mass is 9.85. The smallest absolute Gasteiger partial charge is 0.0616 e. The minimum absolute atomic E-state index is 0.00450. The third-order valence-electron chi connectivity index (χ3n) is 5.28. The van der Waals surface area contributed by atoms with E-state index in [4.69, 9.17) is 0 Å². The van der Waals surface area contributed by atoms with Crippen molar-refractivity contribution in [1.82, 2.24) is 10.2 Å². The Balaban J connectivity index is 2.49. The SMILES string of the molecule is CCNC1(CO)CCCC1CCN(CC)CC(C)CC. The van der Waals surface area contributed by atoms with Crippen LogP contribution in [0.2, 0.25) is 0 Å². The van der Waals surface area contributed by atoms with Crippen LogP contribution in [0.4, 0.5) is 0 Å². The second-order valence-corrected chi connectivity index (χ2v) is 6.63. The van der Waals surface area contributed by atoms with E-state index in [1.54, 1.807) is 0 Å². The van der Waals surface area contributed by atoms with Crippen molar-refractivity contribution >= 4 is 0 Å². The Labute approximate surface area is 126 Å². The van der Waals surface area contributed by atoms with Crippen molar-refractivity contribution in [2.45, 2.75) is 65.3 Å². The van der Waals surface area contributed by atoms with Crippen molar-refractivity contribution in [3.8, 4) is 0 Å². The Bertz CT molecular complexity index is 259. The standard InChI is InChI=1S/C17H36N2O/c1-5-15(4)13-19(7-3)12-10-16-9-8-11-17(16,14-20)18-6-2/h15-16,18,20H,5-14H2,1-4H3. The molecule has 1 aliphatic carbocycles. The van der Waals surface area contributed by atoms with Gasteiger partial charge in [-0.15, -0.1) is 0 Å². The van der Waals surface area contributed by atoms with Crippen LogP contribution in [0.5, 0.6) is 0 Å². The van der Waals surface area contributed by atoms with Crippen LogP contribution in [0.15, 0.2) is 0 Å². The van der Waals surface area contributed by atoms with Gasteiger partial charge in [-0.2, -0.15) is 0 Å². The highest BCUT2D eigenvalue weighted by Gasteiger charge is 2.41. The first-order valence-electron chi connectivity index (χ1n) is 8.70. The largest absolute Gasteiger partial charge is 0.394 e. The Morgan fingerprint density at radius 2 is 2.10 bits per heavy atom. The summed E-state index contributed by atoms with van der Waals surface area (Å²) in [5.74, 6) is 1.42. The number of likely N-dealkylation sites (N-methyl/N-ethyl adjacent to an activating group) is 1. The molecule has 0 aliphatic heterocycles. The molecule has 0 heterocycles. The van der Waals surface area contributed by atoms with Crippen molar-refractivity contribution in [1.29, 1.82) is 0 Å². The van der Waals surface area contributed by atoms with E-state index < -0.39 is 0 Å². The second-order valence-electron chi connectivity index (χ2n) is 6.63. The zero-order chi connectivity index (χ0) is 15.0. The van der Waals surface area contributed by atoms with Crippen molar-refractivity contribution in [3.63, 3.8) is 0 Å². The third-order valence-corrected chi connectivity index (χ3v) is 5.28. The molecule has 3 atom stereocenters. The maximum atomic E-state index is 9.85. The predicted molar refractivity (Wildman–Crippen MR) is 87.0 cm³/mol.